The second-order valence-electron chi connectivity index (χ2n) is 7.61. The van der Waals surface area contributed by atoms with Crippen molar-refractivity contribution in [2.24, 2.45) is 0 Å². The molecule has 186 valence electrons. The van der Waals surface area contributed by atoms with Gasteiger partial charge >= 0.3 is 5.97 Å². The minimum absolute atomic E-state index is 0.121. The second kappa shape index (κ2) is 8.52. The summed E-state index contributed by atoms with van der Waals surface area (Å²) in [5.74, 6) is -6.97. The smallest absolute Gasteiger partial charge is 0.335 e. The molecule has 1 saturated heterocycles. The minimum Gasteiger partial charge on any atom is -0.507 e. The minimum atomic E-state index is -2.05. The number of aromatic hydroxyl groups is 5. The fraction of sp³-hybridized carbons (Fsp3) is 0.238. The van der Waals surface area contributed by atoms with E-state index in [4.69, 9.17) is 13.9 Å². The summed E-state index contributed by atoms with van der Waals surface area (Å²) in [5.41, 5.74) is -2.03. The Hall–Kier alpha value is -4.24. The fourth-order valence-corrected chi connectivity index (χ4v) is 3.54. The van der Waals surface area contributed by atoms with Gasteiger partial charge in [0.25, 0.3) is 0 Å². The highest BCUT2D eigenvalue weighted by molar-refractivity contribution is 5.93. The van der Waals surface area contributed by atoms with Crippen molar-refractivity contribution in [1.29, 1.82) is 0 Å². The number of aliphatic carboxylic acids is 1. The first kappa shape index (κ1) is 23.9. The van der Waals surface area contributed by atoms with Crippen LogP contribution in [0.2, 0.25) is 0 Å². The number of phenolic OH excluding ortho intramolecular Hbond substituents is 4. The zero-order valence-electron chi connectivity index (χ0n) is 17.3. The van der Waals surface area contributed by atoms with Gasteiger partial charge in [-0.3, -0.25) is 4.79 Å². The van der Waals surface area contributed by atoms with Gasteiger partial charge in [0.1, 0.15) is 29.4 Å². The first-order chi connectivity index (χ1) is 16.4. The van der Waals surface area contributed by atoms with Crippen molar-refractivity contribution in [3.8, 4) is 45.8 Å². The SMILES string of the molecule is O=C(O)[C@@H]1O[C@H](Oc2c(O)cc(O)c3c(=O)c(O)c(-c4ccc(O)c(O)c4)oc23)[C@@H](O)[C@H](O)[C@H]1O. The van der Waals surface area contributed by atoms with Crippen molar-refractivity contribution in [2.45, 2.75) is 30.7 Å². The Morgan fingerprint density at radius 1 is 0.857 bits per heavy atom. The van der Waals surface area contributed by atoms with Crippen LogP contribution in [0.4, 0.5) is 0 Å². The first-order valence-corrected chi connectivity index (χ1v) is 9.78. The Morgan fingerprint density at radius 3 is 2.17 bits per heavy atom. The third kappa shape index (κ3) is 3.89. The van der Waals surface area contributed by atoms with Gasteiger partial charge in [-0.25, -0.2) is 4.79 Å². The van der Waals surface area contributed by atoms with Crippen molar-refractivity contribution in [3.63, 3.8) is 0 Å². The van der Waals surface area contributed by atoms with Gasteiger partial charge in [0.05, 0.1) is 0 Å². The van der Waals surface area contributed by atoms with E-state index >= 15 is 0 Å². The molecule has 3 aromatic rings. The summed E-state index contributed by atoms with van der Waals surface area (Å²) in [6.07, 6.45) is -10.2. The fourth-order valence-electron chi connectivity index (χ4n) is 3.54. The van der Waals surface area contributed by atoms with Crippen LogP contribution >= 0.6 is 0 Å². The molecular weight excluding hydrogens is 476 g/mol. The number of hydrogen-bond acceptors (Lipinski definition) is 13. The van der Waals surface area contributed by atoms with E-state index in [0.29, 0.717) is 6.07 Å². The normalized spacial score (nSPS) is 24.4. The molecule has 5 atom stereocenters. The molecule has 0 bridgehead atoms. The predicted molar refractivity (Wildman–Crippen MR) is 111 cm³/mol. The average Bonchev–Trinajstić information content (AvgIpc) is 2.79. The van der Waals surface area contributed by atoms with Gasteiger partial charge in [0.2, 0.25) is 23.2 Å². The van der Waals surface area contributed by atoms with E-state index in [1.807, 2.05) is 0 Å². The largest absolute Gasteiger partial charge is 0.507 e. The Balaban J connectivity index is 1.90. The molecule has 9 N–H and O–H groups in total. The molecule has 1 fully saturated rings. The number of fused-ring (bicyclic) bond motifs is 1. The average molecular weight is 494 g/mol. The highest BCUT2D eigenvalue weighted by atomic mass is 16.7. The van der Waals surface area contributed by atoms with E-state index in [2.05, 4.69) is 0 Å². The first-order valence-electron chi connectivity index (χ1n) is 9.78. The molecular formula is C21H18O14. The number of aliphatic hydroxyl groups is 3. The van der Waals surface area contributed by atoms with E-state index in [-0.39, 0.29) is 5.56 Å². The Kier molecular flexibility index (Phi) is 5.82. The molecule has 2 heterocycles. The number of carbonyl (C=O) groups is 1. The maximum atomic E-state index is 12.8. The Morgan fingerprint density at radius 2 is 1.54 bits per heavy atom. The van der Waals surface area contributed by atoms with E-state index in [9.17, 15) is 55.5 Å². The number of ether oxygens (including phenoxy) is 2. The van der Waals surface area contributed by atoms with Crippen LogP contribution in [0.1, 0.15) is 0 Å². The summed E-state index contributed by atoms with van der Waals surface area (Å²) in [4.78, 5) is 24.1. The van der Waals surface area contributed by atoms with Crippen LogP contribution in [-0.4, -0.2) is 82.6 Å². The van der Waals surface area contributed by atoms with Gasteiger partial charge in [0, 0.05) is 11.6 Å². The van der Waals surface area contributed by atoms with Crippen molar-refractivity contribution in [2.75, 3.05) is 0 Å². The van der Waals surface area contributed by atoms with Crippen LogP contribution in [-0.2, 0) is 9.53 Å². The number of rotatable bonds is 4. The third-order valence-electron chi connectivity index (χ3n) is 5.34. The zero-order chi connectivity index (χ0) is 25.8. The van der Waals surface area contributed by atoms with E-state index in [1.165, 1.54) is 0 Å². The van der Waals surface area contributed by atoms with Gasteiger partial charge in [0.15, 0.2) is 34.7 Å². The lowest BCUT2D eigenvalue weighted by atomic mass is 9.99. The molecule has 4 rings (SSSR count). The lowest BCUT2D eigenvalue weighted by Gasteiger charge is -2.38. The third-order valence-corrected chi connectivity index (χ3v) is 5.34. The molecule has 1 aliphatic heterocycles. The van der Waals surface area contributed by atoms with Crippen LogP contribution in [0.25, 0.3) is 22.3 Å². The monoisotopic (exact) mass is 494 g/mol. The predicted octanol–water partition coefficient (Wildman–Crippen LogP) is -0.741. The molecule has 0 amide bonds. The summed E-state index contributed by atoms with van der Waals surface area (Å²) < 4.78 is 15.8. The number of phenols is 4. The van der Waals surface area contributed by atoms with Crippen LogP contribution in [0, 0.1) is 0 Å². The lowest BCUT2D eigenvalue weighted by Crippen LogP contribution is -2.61. The summed E-state index contributed by atoms with van der Waals surface area (Å²) in [7, 11) is 0. The summed E-state index contributed by atoms with van der Waals surface area (Å²) >= 11 is 0. The molecule has 0 aliphatic carbocycles. The number of hydrogen-bond donors (Lipinski definition) is 9. The molecule has 1 aliphatic rings. The van der Waals surface area contributed by atoms with Crippen molar-refractivity contribution in [1.82, 2.24) is 0 Å². The summed E-state index contributed by atoms with van der Waals surface area (Å²) in [6.45, 7) is 0. The van der Waals surface area contributed by atoms with Crippen molar-refractivity contribution in [3.05, 3.63) is 34.5 Å². The van der Waals surface area contributed by atoms with Crippen molar-refractivity contribution >= 4 is 16.9 Å². The van der Waals surface area contributed by atoms with Crippen LogP contribution < -0.4 is 10.2 Å². The number of carboxylic acids is 1. The van der Waals surface area contributed by atoms with E-state index < -0.39 is 93.3 Å². The molecule has 2 aromatic carbocycles. The second-order valence-corrected chi connectivity index (χ2v) is 7.61. The highest BCUT2D eigenvalue weighted by Crippen LogP contribution is 2.44. The molecule has 35 heavy (non-hydrogen) atoms. The van der Waals surface area contributed by atoms with Crippen LogP contribution in [0.5, 0.6) is 34.5 Å². The number of aliphatic hydroxyl groups excluding tert-OH is 3. The topological polar surface area (TPSA) is 248 Å². The Bertz CT molecular complexity index is 1380. The molecule has 14 nitrogen and oxygen atoms in total. The maximum Gasteiger partial charge on any atom is 0.335 e. The van der Waals surface area contributed by atoms with Crippen LogP contribution in [0.3, 0.4) is 0 Å². The quantitative estimate of drug-likeness (QED) is 0.203. The molecule has 0 radical (unpaired) electrons. The summed E-state index contributed by atoms with van der Waals surface area (Å²) in [5, 5.41) is 88.7. The number of carboxylic acid groups (broad SMARTS) is 1. The lowest BCUT2D eigenvalue weighted by molar-refractivity contribution is -0.271. The molecule has 0 spiro atoms. The molecule has 14 heteroatoms. The van der Waals surface area contributed by atoms with Gasteiger partial charge in [-0.15, -0.1) is 0 Å². The van der Waals surface area contributed by atoms with Gasteiger partial charge < -0.3 is 59.8 Å². The standard InChI is InChI=1S/C21H18O14/c22-6-2-1-5(3-7(6)23)16-13(28)11(26)10-8(24)4-9(25)17(18(10)33-16)34-21-15(30)12(27)14(29)19(35-21)20(31)32/h1-4,12,14-15,19,21-25,27-30H,(H,31,32)/t12-,14-,15+,19-,21+/m1/s1. The van der Waals surface area contributed by atoms with E-state index in [0.717, 1.165) is 18.2 Å². The number of benzene rings is 2. The van der Waals surface area contributed by atoms with Gasteiger partial charge in [-0.05, 0) is 18.2 Å². The zero-order valence-corrected chi connectivity index (χ0v) is 17.3. The van der Waals surface area contributed by atoms with Crippen LogP contribution in [0.15, 0.2) is 33.5 Å². The molecule has 1 aromatic heterocycles. The maximum absolute atomic E-state index is 12.8. The summed E-state index contributed by atoms with van der Waals surface area (Å²) in [6, 6.07) is 3.75. The van der Waals surface area contributed by atoms with E-state index in [1.54, 1.807) is 0 Å². The highest BCUT2D eigenvalue weighted by Gasteiger charge is 2.48. The van der Waals surface area contributed by atoms with Gasteiger partial charge in [-0.1, -0.05) is 0 Å². The molecule has 0 saturated carbocycles. The molecule has 0 unspecified atom stereocenters. The Labute approximate surface area is 193 Å². The van der Waals surface area contributed by atoms with Gasteiger partial charge in [-0.2, -0.15) is 0 Å². The van der Waals surface area contributed by atoms with Crippen molar-refractivity contribution < 1.29 is 64.6 Å².